The normalized spacial score (nSPS) is 10.5. The van der Waals surface area contributed by atoms with Crippen molar-refractivity contribution in [1.82, 2.24) is 10.0 Å². The average molecular weight is 186 g/mol. The van der Waals surface area contributed by atoms with E-state index in [1.165, 1.54) is 0 Å². The predicted molar refractivity (Wildman–Crippen MR) is 55.2 cm³/mol. The highest BCUT2D eigenvalue weighted by atomic mass is 16.1. The summed E-state index contributed by atoms with van der Waals surface area (Å²) < 4.78 is 0. The van der Waals surface area contributed by atoms with Crippen molar-refractivity contribution in [2.45, 2.75) is 40.0 Å². The second-order valence-corrected chi connectivity index (χ2v) is 3.22. The summed E-state index contributed by atoms with van der Waals surface area (Å²) in [6.07, 6.45) is 4.14. The molecule has 1 amide bonds. The lowest BCUT2D eigenvalue weighted by atomic mass is 10.4. The molecule has 0 saturated heterocycles. The molecule has 0 unspecified atom stereocenters. The molecule has 0 aromatic heterocycles. The van der Waals surface area contributed by atoms with Gasteiger partial charge in [0.25, 0.3) is 0 Å². The third kappa shape index (κ3) is 4.88. The molecule has 0 aliphatic carbocycles. The minimum absolute atomic E-state index is 0.837. The van der Waals surface area contributed by atoms with E-state index in [1.54, 1.807) is 5.01 Å². The van der Waals surface area contributed by atoms with Gasteiger partial charge in [0.15, 0.2) is 0 Å². The maximum absolute atomic E-state index is 10.8. The second kappa shape index (κ2) is 8.05. The summed E-state index contributed by atoms with van der Waals surface area (Å²) in [7, 11) is 0. The first-order valence-corrected chi connectivity index (χ1v) is 5.26. The van der Waals surface area contributed by atoms with Crippen molar-refractivity contribution in [1.29, 1.82) is 0 Å². The molecule has 0 N–H and O–H groups in total. The van der Waals surface area contributed by atoms with Gasteiger partial charge in [0.1, 0.15) is 0 Å². The molecule has 0 heterocycles. The number of hydrogen-bond acceptors (Lipinski definition) is 2. The highest BCUT2D eigenvalue weighted by molar-refractivity contribution is 5.45. The van der Waals surface area contributed by atoms with Crippen molar-refractivity contribution >= 4 is 6.41 Å². The van der Waals surface area contributed by atoms with Gasteiger partial charge in [0.05, 0.1) is 0 Å². The van der Waals surface area contributed by atoms with E-state index in [1.807, 2.05) is 0 Å². The third-order valence-corrected chi connectivity index (χ3v) is 1.90. The van der Waals surface area contributed by atoms with Gasteiger partial charge in [-0.25, -0.2) is 5.01 Å². The Balaban J connectivity index is 4.02. The zero-order valence-corrected chi connectivity index (χ0v) is 9.12. The maximum atomic E-state index is 10.8. The highest BCUT2D eigenvalue weighted by Gasteiger charge is 2.09. The maximum Gasteiger partial charge on any atom is 0.224 e. The zero-order valence-electron chi connectivity index (χ0n) is 9.12. The monoisotopic (exact) mass is 186 g/mol. The molecule has 0 aromatic carbocycles. The molecule has 3 nitrogen and oxygen atoms in total. The lowest BCUT2D eigenvalue weighted by Crippen LogP contribution is -2.43. The van der Waals surface area contributed by atoms with Crippen LogP contribution in [0.25, 0.3) is 0 Å². The number of rotatable bonds is 8. The van der Waals surface area contributed by atoms with Gasteiger partial charge in [-0.3, -0.25) is 9.80 Å². The standard InChI is InChI=1S/C10H22N2O/c1-4-7-11(8-5-2)12(10-13)9-6-3/h10H,4-9H2,1-3H3. The quantitative estimate of drug-likeness (QED) is 0.427. The van der Waals surface area contributed by atoms with Gasteiger partial charge in [0, 0.05) is 19.6 Å². The van der Waals surface area contributed by atoms with Crippen LogP contribution in [0.4, 0.5) is 0 Å². The van der Waals surface area contributed by atoms with Gasteiger partial charge in [-0.15, -0.1) is 0 Å². The minimum atomic E-state index is 0.837. The van der Waals surface area contributed by atoms with Crippen molar-refractivity contribution < 1.29 is 4.79 Å². The molecule has 0 spiro atoms. The fourth-order valence-electron chi connectivity index (χ4n) is 1.37. The summed E-state index contributed by atoms with van der Waals surface area (Å²) in [5, 5.41) is 3.93. The average Bonchev–Trinajstić information content (AvgIpc) is 2.14. The van der Waals surface area contributed by atoms with Gasteiger partial charge in [0.2, 0.25) is 6.41 Å². The number of carbonyl (C=O) groups excluding carboxylic acids is 1. The van der Waals surface area contributed by atoms with Crippen LogP contribution >= 0.6 is 0 Å². The molecule has 0 bridgehead atoms. The molecule has 13 heavy (non-hydrogen) atoms. The van der Waals surface area contributed by atoms with Crippen molar-refractivity contribution in [3.8, 4) is 0 Å². The van der Waals surface area contributed by atoms with E-state index in [0.717, 1.165) is 45.3 Å². The molecule has 0 aliphatic rings. The molecule has 0 aliphatic heterocycles. The van der Waals surface area contributed by atoms with E-state index in [9.17, 15) is 4.79 Å². The van der Waals surface area contributed by atoms with Gasteiger partial charge in [-0.2, -0.15) is 0 Å². The van der Waals surface area contributed by atoms with Crippen molar-refractivity contribution in [2.24, 2.45) is 0 Å². The Bertz CT molecular complexity index is 122. The molecular formula is C10H22N2O. The topological polar surface area (TPSA) is 23.6 Å². The smallest absolute Gasteiger partial charge is 0.224 e. The molecule has 0 atom stereocenters. The SMILES string of the molecule is CCCN(C=O)N(CCC)CCC. The molecule has 78 valence electrons. The Morgan fingerprint density at radius 1 is 0.923 bits per heavy atom. The van der Waals surface area contributed by atoms with Crippen LogP contribution in [0.15, 0.2) is 0 Å². The van der Waals surface area contributed by atoms with Crippen LogP contribution in [0, 0.1) is 0 Å². The number of hydrogen-bond donors (Lipinski definition) is 0. The van der Waals surface area contributed by atoms with E-state index in [-0.39, 0.29) is 0 Å². The lowest BCUT2D eigenvalue weighted by Gasteiger charge is -2.31. The Kier molecular flexibility index (Phi) is 7.69. The van der Waals surface area contributed by atoms with Crippen molar-refractivity contribution in [3.63, 3.8) is 0 Å². The van der Waals surface area contributed by atoms with E-state index < -0.39 is 0 Å². The number of nitrogens with zero attached hydrogens (tertiary/aromatic N) is 2. The van der Waals surface area contributed by atoms with Gasteiger partial charge in [-0.1, -0.05) is 20.8 Å². The van der Waals surface area contributed by atoms with Gasteiger partial charge >= 0.3 is 0 Å². The predicted octanol–water partition coefficient (Wildman–Crippen LogP) is 1.89. The van der Waals surface area contributed by atoms with Gasteiger partial charge in [-0.05, 0) is 19.3 Å². The molecule has 0 rings (SSSR count). The molecular weight excluding hydrogens is 164 g/mol. The van der Waals surface area contributed by atoms with Crippen LogP contribution < -0.4 is 0 Å². The highest BCUT2D eigenvalue weighted by Crippen LogP contribution is 2.00. The van der Waals surface area contributed by atoms with Crippen LogP contribution in [0.3, 0.4) is 0 Å². The van der Waals surface area contributed by atoms with E-state index in [4.69, 9.17) is 0 Å². The summed E-state index contributed by atoms with van der Waals surface area (Å²) in [4.78, 5) is 10.8. The number of amides is 1. The minimum Gasteiger partial charge on any atom is -0.278 e. The zero-order chi connectivity index (χ0) is 10.1. The summed E-state index contributed by atoms with van der Waals surface area (Å²) in [5.41, 5.74) is 0. The molecule has 3 heteroatoms. The first-order valence-electron chi connectivity index (χ1n) is 5.26. The van der Waals surface area contributed by atoms with E-state index >= 15 is 0 Å². The summed E-state index contributed by atoms with van der Waals surface area (Å²) in [6, 6.07) is 0. The van der Waals surface area contributed by atoms with Crippen LogP contribution in [-0.4, -0.2) is 36.1 Å². The summed E-state index contributed by atoms with van der Waals surface area (Å²) in [5.74, 6) is 0. The Hall–Kier alpha value is -0.570. The molecule has 0 saturated carbocycles. The summed E-state index contributed by atoms with van der Waals surface area (Å²) in [6.45, 7) is 9.16. The number of carbonyl (C=O) groups is 1. The second-order valence-electron chi connectivity index (χ2n) is 3.22. The Morgan fingerprint density at radius 2 is 1.38 bits per heavy atom. The van der Waals surface area contributed by atoms with E-state index in [2.05, 4.69) is 25.8 Å². The van der Waals surface area contributed by atoms with Crippen LogP contribution in [0.5, 0.6) is 0 Å². The van der Waals surface area contributed by atoms with Crippen LogP contribution in [0.2, 0.25) is 0 Å². The third-order valence-electron chi connectivity index (χ3n) is 1.90. The number of hydrazine groups is 1. The Labute approximate surface area is 81.7 Å². The van der Waals surface area contributed by atoms with Crippen molar-refractivity contribution in [3.05, 3.63) is 0 Å². The van der Waals surface area contributed by atoms with Gasteiger partial charge < -0.3 is 0 Å². The van der Waals surface area contributed by atoms with Crippen LogP contribution in [0.1, 0.15) is 40.0 Å². The Morgan fingerprint density at radius 3 is 1.69 bits per heavy atom. The molecule has 0 fully saturated rings. The molecule has 0 radical (unpaired) electrons. The first-order chi connectivity index (χ1) is 6.29. The lowest BCUT2D eigenvalue weighted by molar-refractivity contribution is -0.134. The van der Waals surface area contributed by atoms with E-state index in [0.29, 0.717) is 0 Å². The van der Waals surface area contributed by atoms with Crippen molar-refractivity contribution in [2.75, 3.05) is 19.6 Å². The molecule has 0 aromatic rings. The fraction of sp³-hybridized carbons (Fsp3) is 0.900. The largest absolute Gasteiger partial charge is 0.278 e. The van der Waals surface area contributed by atoms with Crippen LogP contribution in [-0.2, 0) is 4.79 Å². The first kappa shape index (κ1) is 12.4. The summed E-state index contributed by atoms with van der Waals surface area (Å²) >= 11 is 0. The fourth-order valence-corrected chi connectivity index (χ4v) is 1.37.